The minimum Gasteiger partial charge on any atom is -0.508 e. The van der Waals surface area contributed by atoms with Crippen LogP contribution in [0.25, 0.3) is 0 Å². The SMILES string of the molecule is CN(C)Cc1cc(C=O)ccc1O. The van der Waals surface area contributed by atoms with Crippen LogP contribution in [0.2, 0.25) is 0 Å². The molecule has 0 spiro atoms. The van der Waals surface area contributed by atoms with E-state index in [0.717, 1.165) is 11.8 Å². The molecule has 0 amide bonds. The Labute approximate surface area is 77.6 Å². The zero-order valence-electron chi connectivity index (χ0n) is 7.82. The van der Waals surface area contributed by atoms with E-state index in [-0.39, 0.29) is 5.75 Å². The molecule has 1 aromatic rings. The van der Waals surface area contributed by atoms with Gasteiger partial charge in [-0.15, -0.1) is 0 Å². The predicted octanol–water partition coefficient (Wildman–Crippen LogP) is 1.27. The van der Waals surface area contributed by atoms with Crippen molar-refractivity contribution in [1.29, 1.82) is 0 Å². The Balaban J connectivity index is 2.96. The monoisotopic (exact) mass is 179 g/mol. The first kappa shape index (κ1) is 9.74. The normalized spacial score (nSPS) is 10.4. The number of hydrogen-bond donors (Lipinski definition) is 1. The van der Waals surface area contributed by atoms with Gasteiger partial charge < -0.3 is 10.0 Å². The summed E-state index contributed by atoms with van der Waals surface area (Å²) >= 11 is 0. The fourth-order valence-corrected chi connectivity index (χ4v) is 1.15. The average Bonchev–Trinajstić information content (AvgIpc) is 2.08. The molecule has 0 saturated heterocycles. The molecule has 0 atom stereocenters. The third-order valence-corrected chi connectivity index (χ3v) is 1.73. The van der Waals surface area contributed by atoms with Gasteiger partial charge in [-0.05, 0) is 32.3 Å². The second-order valence-electron chi connectivity index (χ2n) is 3.24. The van der Waals surface area contributed by atoms with Gasteiger partial charge in [0.25, 0.3) is 0 Å². The molecule has 0 aliphatic carbocycles. The Morgan fingerprint density at radius 1 is 1.46 bits per heavy atom. The van der Waals surface area contributed by atoms with E-state index in [1.165, 1.54) is 0 Å². The number of hydrogen-bond acceptors (Lipinski definition) is 3. The first-order valence-electron chi connectivity index (χ1n) is 4.05. The van der Waals surface area contributed by atoms with Gasteiger partial charge in [0.15, 0.2) is 0 Å². The van der Waals surface area contributed by atoms with Crippen molar-refractivity contribution < 1.29 is 9.90 Å². The van der Waals surface area contributed by atoms with Crippen molar-refractivity contribution in [2.45, 2.75) is 6.54 Å². The molecule has 0 aliphatic rings. The van der Waals surface area contributed by atoms with Crippen LogP contribution in [0, 0.1) is 0 Å². The number of phenols is 1. The molecule has 3 heteroatoms. The van der Waals surface area contributed by atoms with Crippen molar-refractivity contribution in [1.82, 2.24) is 4.90 Å². The highest BCUT2D eigenvalue weighted by atomic mass is 16.3. The van der Waals surface area contributed by atoms with Crippen molar-refractivity contribution >= 4 is 6.29 Å². The van der Waals surface area contributed by atoms with Gasteiger partial charge in [0.1, 0.15) is 12.0 Å². The summed E-state index contributed by atoms with van der Waals surface area (Å²) in [6.45, 7) is 0.632. The molecule has 0 aliphatic heterocycles. The van der Waals surface area contributed by atoms with Crippen molar-refractivity contribution in [3.63, 3.8) is 0 Å². The molecule has 0 heterocycles. The summed E-state index contributed by atoms with van der Waals surface area (Å²) in [6.07, 6.45) is 0.776. The zero-order chi connectivity index (χ0) is 9.84. The molecule has 0 aromatic heterocycles. The minimum absolute atomic E-state index is 0.235. The molecule has 0 radical (unpaired) electrons. The third-order valence-electron chi connectivity index (χ3n) is 1.73. The number of nitrogens with zero attached hydrogens (tertiary/aromatic N) is 1. The Morgan fingerprint density at radius 2 is 2.15 bits per heavy atom. The first-order chi connectivity index (χ1) is 6.13. The third kappa shape index (κ3) is 2.56. The molecule has 1 N–H and O–H groups in total. The summed E-state index contributed by atoms with van der Waals surface area (Å²) in [7, 11) is 3.82. The molecule has 1 aromatic carbocycles. The molecule has 0 fully saturated rings. The van der Waals surface area contributed by atoms with Gasteiger partial charge in [-0.2, -0.15) is 0 Å². The molecule has 13 heavy (non-hydrogen) atoms. The second kappa shape index (κ2) is 4.05. The fourth-order valence-electron chi connectivity index (χ4n) is 1.15. The minimum atomic E-state index is 0.235. The summed E-state index contributed by atoms with van der Waals surface area (Å²) in [5.41, 5.74) is 1.37. The first-order valence-corrected chi connectivity index (χ1v) is 4.05. The average molecular weight is 179 g/mol. The lowest BCUT2D eigenvalue weighted by Crippen LogP contribution is -2.10. The van der Waals surface area contributed by atoms with Gasteiger partial charge in [-0.1, -0.05) is 0 Å². The predicted molar refractivity (Wildman–Crippen MR) is 50.9 cm³/mol. The number of rotatable bonds is 3. The molecule has 3 nitrogen and oxygen atoms in total. The maximum absolute atomic E-state index is 10.5. The van der Waals surface area contributed by atoms with E-state index in [1.807, 2.05) is 19.0 Å². The maximum atomic E-state index is 10.5. The zero-order valence-corrected chi connectivity index (χ0v) is 7.82. The van der Waals surface area contributed by atoms with Crippen LogP contribution in [-0.2, 0) is 6.54 Å². The van der Waals surface area contributed by atoms with E-state index in [1.54, 1.807) is 18.2 Å². The molecule has 1 rings (SSSR count). The fraction of sp³-hybridized carbons (Fsp3) is 0.300. The highest BCUT2D eigenvalue weighted by molar-refractivity contribution is 5.75. The number of carbonyl (C=O) groups is 1. The molecule has 70 valence electrons. The van der Waals surface area contributed by atoms with Crippen LogP contribution in [0.3, 0.4) is 0 Å². The quantitative estimate of drug-likeness (QED) is 0.710. The van der Waals surface area contributed by atoms with Gasteiger partial charge in [0.2, 0.25) is 0 Å². The topological polar surface area (TPSA) is 40.5 Å². The van der Waals surface area contributed by atoms with E-state index in [9.17, 15) is 9.90 Å². The van der Waals surface area contributed by atoms with Crippen LogP contribution >= 0.6 is 0 Å². The number of aldehydes is 1. The largest absolute Gasteiger partial charge is 0.508 e. The molecule has 0 saturated carbocycles. The van der Waals surface area contributed by atoms with Crippen molar-refractivity contribution in [3.05, 3.63) is 29.3 Å². The smallest absolute Gasteiger partial charge is 0.150 e. The molecular formula is C10H13NO2. The van der Waals surface area contributed by atoms with Gasteiger partial charge in [0.05, 0.1) is 0 Å². The standard InChI is InChI=1S/C10H13NO2/c1-11(2)6-9-5-8(7-12)3-4-10(9)13/h3-5,7,13H,6H2,1-2H3. The van der Waals surface area contributed by atoms with Crippen LogP contribution in [0.1, 0.15) is 15.9 Å². The van der Waals surface area contributed by atoms with E-state index in [0.29, 0.717) is 12.1 Å². The van der Waals surface area contributed by atoms with E-state index >= 15 is 0 Å². The van der Waals surface area contributed by atoms with E-state index in [4.69, 9.17) is 0 Å². The van der Waals surface area contributed by atoms with Crippen LogP contribution in [0.4, 0.5) is 0 Å². The number of carbonyl (C=O) groups excluding carboxylic acids is 1. The number of phenolic OH excluding ortho intramolecular Hbond substituents is 1. The van der Waals surface area contributed by atoms with Gasteiger partial charge in [-0.3, -0.25) is 4.79 Å². The summed E-state index contributed by atoms with van der Waals surface area (Å²) in [5, 5.41) is 9.44. The van der Waals surface area contributed by atoms with Crippen LogP contribution < -0.4 is 0 Å². The summed E-state index contributed by atoms with van der Waals surface area (Å²) in [6, 6.07) is 4.84. The number of aromatic hydroxyl groups is 1. The molecule has 0 unspecified atom stereocenters. The lowest BCUT2D eigenvalue weighted by atomic mass is 10.1. The summed E-state index contributed by atoms with van der Waals surface area (Å²) in [4.78, 5) is 12.4. The van der Waals surface area contributed by atoms with Gasteiger partial charge >= 0.3 is 0 Å². The summed E-state index contributed by atoms with van der Waals surface area (Å²) in [5.74, 6) is 0.235. The highest BCUT2D eigenvalue weighted by Gasteiger charge is 2.03. The molecular weight excluding hydrogens is 166 g/mol. The summed E-state index contributed by atoms with van der Waals surface area (Å²) < 4.78 is 0. The maximum Gasteiger partial charge on any atom is 0.150 e. The number of benzene rings is 1. The van der Waals surface area contributed by atoms with Crippen molar-refractivity contribution in [3.8, 4) is 5.75 Å². The highest BCUT2D eigenvalue weighted by Crippen LogP contribution is 2.18. The van der Waals surface area contributed by atoms with E-state index in [2.05, 4.69) is 0 Å². The Morgan fingerprint density at radius 3 is 2.69 bits per heavy atom. The van der Waals surface area contributed by atoms with Crippen LogP contribution in [0.5, 0.6) is 5.75 Å². The lowest BCUT2D eigenvalue weighted by Gasteiger charge is -2.11. The van der Waals surface area contributed by atoms with Crippen molar-refractivity contribution in [2.75, 3.05) is 14.1 Å². The van der Waals surface area contributed by atoms with Crippen molar-refractivity contribution in [2.24, 2.45) is 0 Å². The van der Waals surface area contributed by atoms with Crippen LogP contribution in [-0.4, -0.2) is 30.4 Å². The van der Waals surface area contributed by atoms with Gasteiger partial charge in [0, 0.05) is 17.7 Å². The lowest BCUT2D eigenvalue weighted by molar-refractivity contribution is 0.112. The molecule has 0 bridgehead atoms. The van der Waals surface area contributed by atoms with Crippen LogP contribution in [0.15, 0.2) is 18.2 Å². The second-order valence-corrected chi connectivity index (χ2v) is 3.24. The van der Waals surface area contributed by atoms with Gasteiger partial charge in [-0.25, -0.2) is 0 Å². The van der Waals surface area contributed by atoms with E-state index < -0.39 is 0 Å². The Hall–Kier alpha value is -1.35. The Kier molecular flexibility index (Phi) is 3.03. The Bertz CT molecular complexity index is 308.